The maximum absolute atomic E-state index is 10.0. The Morgan fingerprint density at radius 1 is 1.52 bits per heavy atom. The van der Waals surface area contributed by atoms with Gasteiger partial charge in [0.25, 0.3) is 0 Å². The van der Waals surface area contributed by atoms with E-state index in [1.54, 1.807) is 10.9 Å². The van der Waals surface area contributed by atoms with Gasteiger partial charge in [0.15, 0.2) is 0 Å². The minimum Gasteiger partial charge on any atom is -0.467 e. The lowest BCUT2D eigenvalue weighted by atomic mass is 10.1. The van der Waals surface area contributed by atoms with Gasteiger partial charge in [-0.25, -0.2) is 0 Å². The highest BCUT2D eigenvalue weighted by atomic mass is 16.5. The van der Waals surface area contributed by atoms with Crippen LogP contribution < -0.4 is 0 Å². The van der Waals surface area contributed by atoms with Crippen molar-refractivity contribution >= 4 is 0 Å². The van der Waals surface area contributed by atoms with Gasteiger partial charge in [-0.3, -0.25) is 9.58 Å². The van der Waals surface area contributed by atoms with Crippen LogP contribution >= 0.6 is 0 Å². The fourth-order valence-electron chi connectivity index (χ4n) is 2.14. The molecule has 1 N–H and O–H groups in total. The minimum absolute atomic E-state index is 0.193. The molecule has 0 spiro atoms. The molecule has 0 fully saturated rings. The van der Waals surface area contributed by atoms with Crippen molar-refractivity contribution < 1.29 is 14.3 Å². The van der Waals surface area contributed by atoms with Crippen LogP contribution in [0.3, 0.4) is 0 Å². The van der Waals surface area contributed by atoms with E-state index in [9.17, 15) is 5.11 Å². The quantitative estimate of drug-likeness (QED) is 0.800. The van der Waals surface area contributed by atoms with Gasteiger partial charge in [0.2, 0.25) is 0 Å². The normalized spacial score (nSPS) is 14.5. The molecule has 0 bridgehead atoms. The SMILES string of the molecule is CC(c1cnn(C)c1)N(C)CC(O)COCc1ccco1. The summed E-state index contributed by atoms with van der Waals surface area (Å²) < 4.78 is 12.4. The summed E-state index contributed by atoms with van der Waals surface area (Å²) in [6.07, 6.45) is 4.91. The van der Waals surface area contributed by atoms with Gasteiger partial charge in [-0.2, -0.15) is 5.10 Å². The zero-order valence-electron chi connectivity index (χ0n) is 12.8. The van der Waals surface area contributed by atoms with Gasteiger partial charge in [-0.15, -0.1) is 0 Å². The number of hydrogen-bond donors (Lipinski definition) is 1. The maximum Gasteiger partial charge on any atom is 0.129 e. The summed E-state index contributed by atoms with van der Waals surface area (Å²) >= 11 is 0. The lowest BCUT2D eigenvalue weighted by Gasteiger charge is -2.26. The van der Waals surface area contributed by atoms with E-state index in [4.69, 9.17) is 9.15 Å². The topological polar surface area (TPSA) is 63.7 Å². The third-order valence-electron chi connectivity index (χ3n) is 3.50. The summed E-state index contributed by atoms with van der Waals surface area (Å²) in [5.74, 6) is 0.763. The first-order chi connectivity index (χ1) is 10.1. The van der Waals surface area contributed by atoms with Crippen molar-refractivity contribution in [3.8, 4) is 0 Å². The molecule has 0 aliphatic rings. The lowest BCUT2D eigenvalue weighted by molar-refractivity contribution is 0.00384. The van der Waals surface area contributed by atoms with Crippen LogP contribution in [-0.2, 0) is 18.4 Å². The molecule has 0 saturated heterocycles. The zero-order valence-corrected chi connectivity index (χ0v) is 12.8. The van der Waals surface area contributed by atoms with E-state index < -0.39 is 6.10 Å². The minimum atomic E-state index is -0.538. The Kier molecular flexibility index (Phi) is 5.55. The Balaban J connectivity index is 1.72. The molecule has 0 aliphatic carbocycles. The van der Waals surface area contributed by atoms with E-state index in [1.807, 2.05) is 38.6 Å². The fraction of sp³-hybridized carbons (Fsp3) is 0.533. The molecule has 6 nitrogen and oxygen atoms in total. The van der Waals surface area contributed by atoms with Crippen LogP contribution in [0, 0.1) is 0 Å². The van der Waals surface area contributed by atoms with Crippen molar-refractivity contribution in [2.75, 3.05) is 20.2 Å². The van der Waals surface area contributed by atoms with Gasteiger partial charge in [0.05, 0.1) is 25.2 Å². The first-order valence-electron chi connectivity index (χ1n) is 7.03. The Hall–Kier alpha value is -1.63. The number of aliphatic hydroxyl groups excluding tert-OH is 1. The largest absolute Gasteiger partial charge is 0.467 e. The van der Waals surface area contributed by atoms with Crippen LogP contribution in [0.2, 0.25) is 0 Å². The first kappa shape index (κ1) is 15.8. The molecule has 0 amide bonds. The van der Waals surface area contributed by atoms with Gasteiger partial charge >= 0.3 is 0 Å². The predicted molar refractivity (Wildman–Crippen MR) is 78.6 cm³/mol. The summed E-state index contributed by atoms with van der Waals surface area (Å²) in [6, 6.07) is 3.86. The zero-order chi connectivity index (χ0) is 15.2. The molecule has 2 unspecified atom stereocenters. The Bertz CT molecular complexity index is 524. The second-order valence-electron chi connectivity index (χ2n) is 5.31. The number of aryl methyl sites for hydroxylation is 1. The molecule has 116 valence electrons. The molecule has 2 rings (SSSR count). The van der Waals surface area contributed by atoms with Gasteiger partial charge in [-0.1, -0.05) is 0 Å². The average molecular weight is 293 g/mol. The standard InChI is InChI=1S/C15H23N3O3/c1-12(13-7-16-18(3)8-13)17(2)9-14(19)10-20-11-15-5-4-6-21-15/h4-8,12,14,19H,9-11H2,1-3H3. The van der Waals surface area contributed by atoms with Gasteiger partial charge < -0.3 is 14.3 Å². The van der Waals surface area contributed by atoms with Crippen LogP contribution in [0.1, 0.15) is 24.3 Å². The predicted octanol–water partition coefficient (Wildman–Crippen LogP) is 1.58. The number of furan rings is 1. The van der Waals surface area contributed by atoms with Crippen LogP contribution in [0.25, 0.3) is 0 Å². The molecule has 0 saturated carbocycles. The van der Waals surface area contributed by atoms with E-state index >= 15 is 0 Å². The van der Waals surface area contributed by atoms with Gasteiger partial charge in [0, 0.05) is 31.4 Å². The van der Waals surface area contributed by atoms with Crippen molar-refractivity contribution in [2.45, 2.75) is 25.7 Å². The number of aromatic nitrogens is 2. The maximum atomic E-state index is 10.0. The molecule has 2 aromatic heterocycles. The van der Waals surface area contributed by atoms with Crippen molar-refractivity contribution in [3.63, 3.8) is 0 Å². The molecule has 0 aromatic carbocycles. The third-order valence-corrected chi connectivity index (χ3v) is 3.50. The summed E-state index contributed by atoms with van der Waals surface area (Å²) in [5.41, 5.74) is 1.13. The Labute approximate surface area is 124 Å². The molecule has 2 aromatic rings. The van der Waals surface area contributed by atoms with E-state index in [-0.39, 0.29) is 12.6 Å². The summed E-state index contributed by atoms with van der Waals surface area (Å²) in [6.45, 7) is 3.29. The number of rotatable bonds is 8. The van der Waals surface area contributed by atoms with Crippen molar-refractivity contribution in [2.24, 2.45) is 7.05 Å². The lowest BCUT2D eigenvalue weighted by Crippen LogP contribution is -2.33. The second-order valence-corrected chi connectivity index (χ2v) is 5.31. The highest BCUT2D eigenvalue weighted by molar-refractivity contribution is 5.09. The molecule has 0 radical (unpaired) electrons. The monoisotopic (exact) mass is 293 g/mol. The molecular weight excluding hydrogens is 270 g/mol. The Morgan fingerprint density at radius 2 is 2.33 bits per heavy atom. The smallest absolute Gasteiger partial charge is 0.129 e. The molecule has 0 aliphatic heterocycles. The van der Waals surface area contributed by atoms with Crippen molar-refractivity contribution in [1.82, 2.24) is 14.7 Å². The van der Waals surface area contributed by atoms with E-state index in [0.717, 1.165) is 11.3 Å². The van der Waals surface area contributed by atoms with Crippen LogP contribution in [-0.4, -0.2) is 46.1 Å². The summed E-state index contributed by atoms with van der Waals surface area (Å²) in [5, 5.41) is 14.2. The summed E-state index contributed by atoms with van der Waals surface area (Å²) in [7, 11) is 3.88. The van der Waals surface area contributed by atoms with E-state index in [0.29, 0.717) is 13.2 Å². The molecular formula is C15H23N3O3. The molecule has 6 heteroatoms. The Morgan fingerprint density at radius 3 is 2.95 bits per heavy atom. The average Bonchev–Trinajstić information content (AvgIpc) is 3.09. The van der Waals surface area contributed by atoms with E-state index in [1.165, 1.54) is 0 Å². The highest BCUT2D eigenvalue weighted by Gasteiger charge is 2.16. The second kappa shape index (κ2) is 7.40. The van der Waals surface area contributed by atoms with E-state index in [2.05, 4.69) is 16.9 Å². The van der Waals surface area contributed by atoms with Crippen LogP contribution in [0.5, 0.6) is 0 Å². The fourth-order valence-corrected chi connectivity index (χ4v) is 2.14. The third kappa shape index (κ3) is 4.70. The molecule has 2 atom stereocenters. The van der Waals surface area contributed by atoms with Gasteiger partial charge in [-0.05, 0) is 26.1 Å². The van der Waals surface area contributed by atoms with Crippen molar-refractivity contribution in [3.05, 3.63) is 42.1 Å². The molecule has 2 heterocycles. The van der Waals surface area contributed by atoms with Crippen molar-refractivity contribution in [1.29, 1.82) is 0 Å². The van der Waals surface area contributed by atoms with Crippen LogP contribution in [0.15, 0.2) is 35.2 Å². The number of hydrogen-bond acceptors (Lipinski definition) is 5. The summed E-state index contributed by atoms with van der Waals surface area (Å²) in [4.78, 5) is 2.08. The van der Waals surface area contributed by atoms with Gasteiger partial charge in [0.1, 0.15) is 12.4 Å². The highest BCUT2D eigenvalue weighted by Crippen LogP contribution is 2.17. The number of nitrogens with zero attached hydrogens (tertiary/aromatic N) is 3. The molecule has 21 heavy (non-hydrogen) atoms. The number of aliphatic hydroxyl groups is 1. The first-order valence-corrected chi connectivity index (χ1v) is 7.03. The number of ether oxygens (including phenoxy) is 1. The number of likely N-dealkylation sites (N-methyl/N-ethyl adjacent to an activating group) is 1. The van der Waals surface area contributed by atoms with Crippen LogP contribution in [0.4, 0.5) is 0 Å².